The third-order valence-electron chi connectivity index (χ3n) is 3.48. The molecule has 0 aliphatic carbocycles. The third-order valence-corrected chi connectivity index (χ3v) is 4.65. The topological polar surface area (TPSA) is 15.8 Å². The molecule has 1 nitrogen and oxygen atoms in total. The summed E-state index contributed by atoms with van der Waals surface area (Å²) in [6, 6.07) is 4.40. The van der Waals surface area contributed by atoms with Gasteiger partial charge in [-0.1, -0.05) is 48.4 Å². The van der Waals surface area contributed by atoms with Gasteiger partial charge in [-0.05, 0) is 12.1 Å². The van der Waals surface area contributed by atoms with E-state index in [1.165, 1.54) is 17.4 Å². The van der Waals surface area contributed by atoms with E-state index < -0.39 is 0 Å². The van der Waals surface area contributed by atoms with Gasteiger partial charge in [0.2, 0.25) is 0 Å². The number of para-hydroxylation sites is 1. The summed E-state index contributed by atoms with van der Waals surface area (Å²) >= 11 is 1.36. The summed E-state index contributed by atoms with van der Waals surface area (Å²) in [7, 11) is 0. The minimum absolute atomic E-state index is 0.0258. The molecule has 0 atom stereocenters. The highest BCUT2D eigenvalue weighted by atomic mass is 32.1. The van der Waals surface area contributed by atoms with Gasteiger partial charge in [-0.3, -0.25) is 0 Å². The summed E-state index contributed by atoms with van der Waals surface area (Å²) in [6.07, 6.45) is 0. The summed E-state index contributed by atoms with van der Waals surface area (Å²) in [4.78, 5) is 3.13. The van der Waals surface area contributed by atoms with Gasteiger partial charge in [0.15, 0.2) is 0 Å². The van der Waals surface area contributed by atoms with Gasteiger partial charge < -0.3 is 4.98 Å². The first kappa shape index (κ1) is 5.98. The van der Waals surface area contributed by atoms with Crippen LogP contribution in [0.5, 0.6) is 0 Å². The minimum atomic E-state index is -0.100. The van der Waals surface area contributed by atoms with Gasteiger partial charge in [-0.25, -0.2) is 0 Å². The fourth-order valence-electron chi connectivity index (χ4n) is 2.59. The van der Waals surface area contributed by atoms with E-state index in [9.17, 15) is 0 Å². The highest BCUT2D eigenvalue weighted by molar-refractivity contribution is 7.26. The maximum atomic E-state index is 8.53. The molecule has 0 unspecified atom stereocenters. The number of aromatic nitrogens is 1. The number of H-pyrrole nitrogens is 1. The number of benzene rings is 3. The molecule has 94 valence electrons. The van der Waals surface area contributed by atoms with E-state index in [1.54, 1.807) is 12.1 Å². The Balaban J connectivity index is 2.16. The molecule has 20 heavy (non-hydrogen) atoms. The van der Waals surface area contributed by atoms with E-state index in [4.69, 9.17) is 9.60 Å². The van der Waals surface area contributed by atoms with Crippen molar-refractivity contribution in [1.82, 2.24) is 4.98 Å². The van der Waals surface area contributed by atoms with Gasteiger partial charge in [0, 0.05) is 31.8 Å². The zero-order valence-corrected chi connectivity index (χ0v) is 11.0. The molecule has 0 saturated carbocycles. The van der Waals surface area contributed by atoms with Crippen LogP contribution in [0, 0.1) is 0 Å². The lowest BCUT2D eigenvalue weighted by Gasteiger charge is -1.93. The summed E-state index contributed by atoms with van der Waals surface area (Å²) in [5, 5.41) is 1.61. The van der Waals surface area contributed by atoms with Crippen LogP contribution in [0.25, 0.3) is 42.0 Å². The molecular weight excluding hydrogens is 262 g/mol. The number of nitrogens with one attached hydrogen (secondary N) is 1. The smallest absolute Gasteiger partial charge is 0.0646 e. The quantitative estimate of drug-likeness (QED) is 0.375. The van der Waals surface area contributed by atoms with Crippen molar-refractivity contribution in [2.75, 3.05) is 0 Å². The van der Waals surface area contributed by atoms with E-state index in [2.05, 4.69) is 4.98 Å². The molecule has 2 aromatic heterocycles. The molecule has 3 aromatic carbocycles. The van der Waals surface area contributed by atoms with Crippen molar-refractivity contribution in [3.63, 3.8) is 0 Å². The lowest BCUT2D eigenvalue weighted by molar-refractivity contribution is 1.57. The molecule has 2 heterocycles. The van der Waals surface area contributed by atoms with Gasteiger partial charge in [0.25, 0.3) is 0 Å². The highest BCUT2D eigenvalue weighted by Crippen LogP contribution is 2.39. The molecule has 0 saturated heterocycles. The van der Waals surface area contributed by atoms with E-state index in [0.717, 1.165) is 4.70 Å². The van der Waals surface area contributed by atoms with Crippen molar-refractivity contribution < 1.29 is 9.60 Å². The molecule has 0 radical (unpaired) electrons. The van der Waals surface area contributed by atoms with Crippen LogP contribution in [-0.4, -0.2) is 4.98 Å². The molecule has 5 aromatic rings. The Morgan fingerprint density at radius 2 is 1.70 bits per heavy atom. The Bertz CT molecular complexity index is 1450. The Labute approximate surface area is 129 Å². The lowest BCUT2D eigenvalue weighted by Crippen LogP contribution is -1.69. The SMILES string of the molecule is [2H]c1ccc2sc3c4[nH]c5c([2H])cc([2H])c([2H])c5c4c([2H])c([2H])c3c2c1[2H]. The number of aromatic amines is 1. The average Bonchev–Trinajstić information content (AvgIpc) is 3.21. The summed E-state index contributed by atoms with van der Waals surface area (Å²) in [5.74, 6) is 0. The van der Waals surface area contributed by atoms with Crippen LogP contribution < -0.4 is 0 Å². The second kappa shape index (κ2) is 3.62. The van der Waals surface area contributed by atoms with Crippen molar-refractivity contribution >= 4 is 53.3 Å². The normalized spacial score (nSPS) is 16.9. The molecule has 2 heteroatoms. The maximum absolute atomic E-state index is 8.53. The standard InChI is InChI=1S/C18H11NS/c1-3-7-15-11(5-1)13-9-10-14-12-6-2-4-8-16(12)20-18(14)17(13)19-15/h1-10,19H/i1D,2D,5D,6D,7D,9D,10D. The Morgan fingerprint density at radius 1 is 0.850 bits per heavy atom. The molecule has 0 aliphatic rings. The monoisotopic (exact) mass is 280 g/mol. The zero-order chi connectivity index (χ0) is 19.2. The van der Waals surface area contributed by atoms with Crippen LogP contribution in [0.3, 0.4) is 0 Å². The second-order valence-electron chi connectivity index (χ2n) is 4.58. The Kier molecular flexibility index (Phi) is 1.08. The van der Waals surface area contributed by atoms with Gasteiger partial charge in [-0.2, -0.15) is 0 Å². The van der Waals surface area contributed by atoms with Crippen molar-refractivity contribution in [1.29, 1.82) is 0 Å². The van der Waals surface area contributed by atoms with Crippen LogP contribution in [0.2, 0.25) is 0 Å². The molecule has 0 aliphatic heterocycles. The van der Waals surface area contributed by atoms with Crippen molar-refractivity contribution in [3.8, 4) is 0 Å². The summed E-state index contributed by atoms with van der Waals surface area (Å²) in [5.41, 5.74) is 0.914. The Morgan fingerprint density at radius 3 is 2.70 bits per heavy atom. The third kappa shape index (κ3) is 1.22. The van der Waals surface area contributed by atoms with Gasteiger partial charge in [0.1, 0.15) is 0 Å². The van der Waals surface area contributed by atoms with Gasteiger partial charge >= 0.3 is 0 Å². The minimum Gasteiger partial charge on any atom is -0.353 e. The summed E-state index contributed by atoms with van der Waals surface area (Å²) in [6.45, 7) is 0. The zero-order valence-electron chi connectivity index (χ0n) is 17.1. The number of fused-ring (bicyclic) bond motifs is 7. The number of hydrogen-bond donors (Lipinski definition) is 1. The predicted molar refractivity (Wildman–Crippen MR) is 88.7 cm³/mol. The van der Waals surface area contributed by atoms with E-state index in [1.807, 2.05) is 0 Å². The van der Waals surface area contributed by atoms with E-state index in [0.29, 0.717) is 37.3 Å². The molecular formula is C18H11NS. The predicted octanol–water partition coefficient (Wildman–Crippen LogP) is 5.69. The molecule has 0 amide bonds. The lowest BCUT2D eigenvalue weighted by atomic mass is 10.1. The van der Waals surface area contributed by atoms with Crippen LogP contribution in [0.1, 0.15) is 9.60 Å². The molecule has 0 spiro atoms. The van der Waals surface area contributed by atoms with Crippen LogP contribution in [0.15, 0.2) is 60.5 Å². The largest absolute Gasteiger partial charge is 0.353 e. The number of thiophene rings is 1. The first-order valence-electron chi connectivity index (χ1n) is 9.65. The fourth-order valence-corrected chi connectivity index (χ4v) is 3.71. The molecule has 0 fully saturated rings. The van der Waals surface area contributed by atoms with Gasteiger partial charge in [-0.15, -0.1) is 11.3 Å². The van der Waals surface area contributed by atoms with Crippen molar-refractivity contribution in [3.05, 3.63) is 60.5 Å². The highest BCUT2D eigenvalue weighted by Gasteiger charge is 2.11. The van der Waals surface area contributed by atoms with E-state index in [-0.39, 0.29) is 42.3 Å². The molecule has 5 rings (SSSR count). The van der Waals surface area contributed by atoms with Crippen molar-refractivity contribution in [2.45, 2.75) is 0 Å². The van der Waals surface area contributed by atoms with E-state index >= 15 is 0 Å². The number of hydrogen-bond acceptors (Lipinski definition) is 1. The first-order valence-corrected chi connectivity index (χ1v) is 6.96. The van der Waals surface area contributed by atoms with Gasteiger partial charge in [0.05, 0.1) is 19.8 Å². The van der Waals surface area contributed by atoms with Crippen LogP contribution in [0.4, 0.5) is 0 Å². The number of rotatable bonds is 0. The van der Waals surface area contributed by atoms with Crippen LogP contribution in [-0.2, 0) is 0 Å². The Hall–Kier alpha value is -2.32. The maximum Gasteiger partial charge on any atom is 0.0646 e. The molecule has 1 N–H and O–H groups in total. The first-order chi connectivity index (χ1) is 12.8. The average molecular weight is 280 g/mol. The second-order valence-corrected chi connectivity index (χ2v) is 5.63. The van der Waals surface area contributed by atoms with Crippen LogP contribution >= 0.6 is 11.3 Å². The fraction of sp³-hybridized carbons (Fsp3) is 0. The molecule has 0 bridgehead atoms. The summed E-state index contributed by atoms with van der Waals surface area (Å²) < 4.78 is 58.9. The van der Waals surface area contributed by atoms with Crippen molar-refractivity contribution in [2.24, 2.45) is 0 Å².